The second-order valence-electron chi connectivity index (χ2n) is 4.30. The summed E-state index contributed by atoms with van der Waals surface area (Å²) in [5.74, 6) is -0.621. The molecule has 0 bridgehead atoms. The highest BCUT2D eigenvalue weighted by Gasteiger charge is 2.17. The number of nitrogens with two attached hydrogens (primary N) is 2. The highest BCUT2D eigenvalue weighted by Crippen LogP contribution is 2.23. The molecule has 98 valence electrons. The molecular weight excluding hydrogens is 232 g/mol. The second kappa shape index (κ2) is 5.39. The molecule has 0 heterocycles. The zero-order valence-electron chi connectivity index (χ0n) is 10.8. The number of benzene rings is 1. The highest BCUT2D eigenvalue weighted by atomic mass is 16.2. The van der Waals surface area contributed by atoms with E-state index in [9.17, 15) is 9.59 Å². The van der Waals surface area contributed by atoms with Gasteiger partial charge in [-0.1, -0.05) is 0 Å². The number of amides is 2. The minimum absolute atomic E-state index is 0.0250. The van der Waals surface area contributed by atoms with E-state index in [4.69, 9.17) is 11.5 Å². The van der Waals surface area contributed by atoms with Crippen molar-refractivity contribution < 1.29 is 9.59 Å². The summed E-state index contributed by atoms with van der Waals surface area (Å²) >= 11 is 0. The van der Waals surface area contributed by atoms with Gasteiger partial charge in [-0.05, 0) is 18.2 Å². The van der Waals surface area contributed by atoms with Crippen molar-refractivity contribution in [2.45, 2.75) is 0 Å². The molecule has 0 fully saturated rings. The van der Waals surface area contributed by atoms with Crippen molar-refractivity contribution in [1.29, 1.82) is 0 Å². The lowest BCUT2D eigenvalue weighted by Crippen LogP contribution is -2.32. The van der Waals surface area contributed by atoms with Gasteiger partial charge >= 0.3 is 0 Å². The second-order valence-corrected chi connectivity index (χ2v) is 4.30. The third-order valence-electron chi connectivity index (χ3n) is 2.46. The summed E-state index contributed by atoms with van der Waals surface area (Å²) in [6, 6.07) is 4.95. The summed E-state index contributed by atoms with van der Waals surface area (Å²) in [6.45, 7) is 0.0250. The fraction of sp³-hybridized carbons (Fsp3) is 0.333. The van der Waals surface area contributed by atoms with Gasteiger partial charge in [0.25, 0.3) is 5.91 Å². The van der Waals surface area contributed by atoms with Gasteiger partial charge in [-0.3, -0.25) is 9.59 Å². The van der Waals surface area contributed by atoms with Gasteiger partial charge in [0.15, 0.2) is 0 Å². The smallest absolute Gasteiger partial charge is 0.255 e. The SMILES string of the molecule is CN(C)C(=O)c1ccc(N)cc1N(C)CC(N)=O. The van der Waals surface area contributed by atoms with Crippen LogP contribution in [0.4, 0.5) is 11.4 Å². The Hall–Kier alpha value is -2.24. The molecule has 0 spiro atoms. The number of carbonyl (C=O) groups excluding carboxylic acids is 2. The molecule has 6 heteroatoms. The Morgan fingerprint density at radius 2 is 1.83 bits per heavy atom. The summed E-state index contributed by atoms with van der Waals surface area (Å²) in [7, 11) is 5.01. The van der Waals surface area contributed by atoms with Gasteiger partial charge in [-0.15, -0.1) is 0 Å². The lowest BCUT2D eigenvalue weighted by molar-refractivity contribution is -0.116. The van der Waals surface area contributed by atoms with Gasteiger partial charge in [0.05, 0.1) is 17.8 Å². The number of anilines is 2. The van der Waals surface area contributed by atoms with Crippen LogP contribution in [0.5, 0.6) is 0 Å². The molecule has 0 radical (unpaired) electrons. The number of likely N-dealkylation sites (N-methyl/N-ethyl adjacent to an activating group) is 1. The van der Waals surface area contributed by atoms with Gasteiger partial charge in [0.2, 0.25) is 5.91 Å². The topological polar surface area (TPSA) is 92.7 Å². The predicted molar refractivity (Wildman–Crippen MR) is 71.3 cm³/mol. The quantitative estimate of drug-likeness (QED) is 0.729. The van der Waals surface area contributed by atoms with E-state index in [2.05, 4.69) is 0 Å². The largest absolute Gasteiger partial charge is 0.399 e. The van der Waals surface area contributed by atoms with E-state index in [1.807, 2.05) is 0 Å². The van der Waals surface area contributed by atoms with Crippen LogP contribution in [0.3, 0.4) is 0 Å². The van der Waals surface area contributed by atoms with Crippen molar-refractivity contribution in [3.8, 4) is 0 Å². The van der Waals surface area contributed by atoms with E-state index < -0.39 is 5.91 Å². The predicted octanol–water partition coefficient (Wildman–Crippen LogP) is -0.108. The van der Waals surface area contributed by atoms with Crippen LogP contribution in [-0.4, -0.2) is 44.4 Å². The number of nitrogens with zero attached hydrogens (tertiary/aromatic N) is 2. The third-order valence-corrected chi connectivity index (χ3v) is 2.46. The van der Waals surface area contributed by atoms with Crippen LogP contribution in [0, 0.1) is 0 Å². The summed E-state index contributed by atoms with van der Waals surface area (Å²) < 4.78 is 0. The zero-order valence-corrected chi connectivity index (χ0v) is 10.8. The van der Waals surface area contributed by atoms with E-state index in [1.165, 1.54) is 4.90 Å². The van der Waals surface area contributed by atoms with Crippen molar-refractivity contribution in [1.82, 2.24) is 4.90 Å². The molecule has 0 unspecified atom stereocenters. The van der Waals surface area contributed by atoms with Gasteiger partial charge in [-0.25, -0.2) is 0 Å². The fourth-order valence-electron chi connectivity index (χ4n) is 1.61. The summed E-state index contributed by atoms with van der Waals surface area (Å²) in [5, 5.41) is 0. The molecule has 2 amide bonds. The first-order valence-electron chi connectivity index (χ1n) is 5.43. The zero-order chi connectivity index (χ0) is 13.9. The number of rotatable bonds is 4. The van der Waals surface area contributed by atoms with Crippen molar-refractivity contribution >= 4 is 23.2 Å². The van der Waals surface area contributed by atoms with Crippen LogP contribution >= 0.6 is 0 Å². The van der Waals surface area contributed by atoms with E-state index >= 15 is 0 Å². The maximum Gasteiger partial charge on any atom is 0.255 e. The minimum atomic E-state index is -0.469. The van der Waals surface area contributed by atoms with Crippen molar-refractivity contribution in [2.75, 3.05) is 38.3 Å². The molecule has 0 saturated heterocycles. The van der Waals surface area contributed by atoms with Gasteiger partial charge < -0.3 is 21.3 Å². The maximum absolute atomic E-state index is 12.0. The third kappa shape index (κ3) is 3.13. The number of carbonyl (C=O) groups is 2. The first kappa shape index (κ1) is 13.8. The highest BCUT2D eigenvalue weighted by molar-refractivity contribution is 6.00. The van der Waals surface area contributed by atoms with E-state index in [0.717, 1.165) is 0 Å². The first-order valence-corrected chi connectivity index (χ1v) is 5.43. The molecular formula is C12H18N4O2. The van der Waals surface area contributed by atoms with E-state index in [-0.39, 0.29) is 12.5 Å². The average Bonchev–Trinajstić information content (AvgIpc) is 2.26. The standard InChI is InChI=1S/C12H18N4O2/c1-15(2)12(18)9-5-4-8(13)6-10(9)16(3)7-11(14)17/h4-6H,7,13H2,1-3H3,(H2,14,17). The van der Waals surface area contributed by atoms with Crippen LogP contribution in [0.2, 0.25) is 0 Å². The lowest BCUT2D eigenvalue weighted by Gasteiger charge is -2.22. The Balaban J connectivity index is 3.19. The van der Waals surface area contributed by atoms with Crippen molar-refractivity contribution in [2.24, 2.45) is 5.73 Å². The molecule has 1 rings (SSSR count). The molecule has 0 saturated carbocycles. The molecule has 0 aliphatic rings. The molecule has 1 aromatic rings. The van der Waals surface area contributed by atoms with Crippen LogP contribution in [0.15, 0.2) is 18.2 Å². The molecule has 4 N–H and O–H groups in total. The number of hydrogen-bond acceptors (Lipinski definition) is 4. The number of primary amides is 1. The fourth-order valence-corrected chi connectivity index (χ4v) is 1.61. The Labute approximate surface area is 106 Å². The lowest BCUT2D eigenvalue weighted by atomic mass is 10.1. The average molecular weight is 250 g/mol. The Morgan fingerprint density at radius 3 is 2.33 bits per heavy atom. The summed E-state index contributed by atoms with van der Waals surface area (Å²) in [5.41, 5.74) is 12.5. The summed E-state index contributed by atoms with van der Waals surface area (Å²) in [6.07, 6.45) is 0. The Morgan fingerprint density at radius 1 is 1.22 bits per heavy atom. The van der Waals surface area contributed by atoms with Crippen LogP contribution in [0.25, 0.3) is 0 Å². The maximum atomic E-state index is 12.0. The van der Waals surface area contributed by atoms with Crippen LogP contribution < -0.4 is 16.4 Å². The molecule has 0 aliphatic heterocycles. The minimum Gasteiger partial charge on any atom is -0.399 e. The summed E-state index contributed by atoms with van der Waals surface area (Å²) in [4.78, 5) is 26.0. The van der Waals surface area contributed by atoms with Gasteiger partial charge in [-0.2, -0.15) is 0 Å². The van der Waals surface area contributed by atoms with Crippen LogP contribution in [0.1, 0.15) is 10.4 Å². The molecule has 0 atom stereocenters. The molecule has 0 aliphatic carbocycles. The van der Waals surface area contributed by atoms with Crippen LogP contribution in [-0.2, 0) is 4.79 Å². The van der Waals surface area contributed by atoms with E-state index in [0.29, 0.717) is 16.9 Å². The number of hydrogen-bond donors (Lipinski definition) is 2. The van der Waals surface area contributed by atoms with Crippen molar-refractivity contribution in [3.63, 3.8) is 0 Å². The van der Waals surface area contributed by atoms with Gasteiger partial charge in [0, 0.05) is 26.8 Å². The monoisotopic (exact) mass is 250 g/mol. The molecule has 0 aromatic heterocycles. The number of nitrogen functional groups attached to an aromatic ring is 1. The Bertz CT molecular complexity index is 471. The first-order chi connectivity index (χ1) is 8.32. The van der Waals surface area contributed by atoms with Crippen molar-refractivity contribution in [3.05, 3.63) is 23.8 Å². The van der Waals surface area contributed by atoms with Gasteiger partial charge in [0.1, 0.15) is 0 Å². The molecule has 1 aromatic carbocycles. The van der Waals surface area contributed by atoms with E-state index in [1.54, 1.807) is 44.2 Å². The molecule has 18 heavy (non-hydrogen) atoms. The molecule has 6 nitrogen and oxygen atoms in total. The Kier molecular flexibility index (Phi) is 4.14. The normalized spacial score (nSPS) is 9.94.